The first-order valence-corrected chi connectivity index (χ1v) is 5.05. The van der Waals surface area contributed by atoms with Gasteiger partial charge in [-0.3, -0.25) is 9.59 Å². The second-order valence-corrected chi connectivity index (χ2v) is 3.47. The van der Waals surface area contributed by atoms with Crippen molar-refractivity contribution >= 4 is 23.9 Å². The predicted molar refractivity (Wildman–Crippen MR) is 57.1 cm³/mol. The van der Waals surface area contributed by atoms with E-state index in [0.29, 0.717) is 6.29 Å². The highest BCUT2D eigenvalue weighted by molar-refractivity contribution is 6.33. The van der Waals surface area contributed by atoms with Gasteiger partial charge in [-0.25, -0.2) is 4.39 Å². The number of hydrogen-bond acceptors (Lipinski definition) is 3. The van der Waals surface area contributed by atoms with E-state index < -0.39 is 11.8 Å². The van der Waals surface area contributed by atoms with Crippen molar-refractivity contribution in [2.24, 2.45) is 0 Å². The lowest BCUT2D eigenvalue weighted by Crippen LogP contribution is -2.09. The van der Waals surface area contributed by atoms with Crippen LogP contribution >= 0.6 is 11.6 Å². The van der Waals surface area contributed by atoms with E-state index in [-0.39, 0.29) is 29.2 Å². The predicted octanol–water partition coefficient (Wildman–Crippen LogP) is 2.40. The van der Waals surface area contributed by atoms with Crippen LogP contribution in [0.5, 0.6) is 0 Å². The number of benzene rings is 1. The van der Waals surface area contributed by atoms with Crippen molar-refractivity contribution in [3.8, 4) is 0 Å². The SMILES string of the molecule is CCOC(=O)Cc1cc(Cl)c(C=O)cc1F. The van der Waals surface area contributed by atoms with Gasteiger partial charge in [-0.2, -0.15) is 0 Å². The van der Waals surface area contributed by atoms with Crippen LogP contribution in [0.2, 0.25) is 5.02 Å². The van der Waals surface area contributed by atoms with Crippen LogP contribution < -0.4 is 0 Å². The molecule has 0 unspecified atom stereocenters. The molecule has 0 heterocycles. The number of aldehydes is 1. The van der Waals surface area contributed by atoms with Crippen LogP contribution in [-0.4, -0.2) is 18.9 Å². The van der Waals surface area contributed by atoms with Gasteiger partial charge in [0.1, 0.15) is 5.82 Å². The van der Waals surface area contributed by atoms with E-state index in [0.717, 1.165) is 6.07 Å². The minimum atomic E-state index is -0.639. The molecular formula is C11H10ClFO3. The van der Waals surface area contributed by atoms with Crippen molar-refractivity contribution in [1.82, 2.24) is 0 Å². The van der Waals surface area contributed by atoms with Crippen molar-refractivity contribution in [2.45, 2.75) is 13.3 Å². The fourth-order valence-corrected chi connectivity index (χ4v) is 1.43. The summed E-state index contributed by atoms with van der Waals surface area (Å²) in [5.41, 5.74) is 0.181. The van der Waals surface area contributed by atoms with E-state index >= 15 is 0 Å². The van der Waals surface area contributed by atoms with E-state index in [1.807, 2.05) is 0 Å². The summed E-state index contributed by atoms with van der Waals surface area (Å²) in [4.78, 5) is 21.6. The molecule has 0 radical (unpaired) electrons. The standard InChI is InChI=1S/C11H10ClFO3/c1-2-16-11(15)5-7-3-9(12)8(6-14)4-10(7)13/h3-4,6H,2,5H2,1H3. The molecule has 0 aromatic heterocycles. The fraction of sp³-hybridized carbons (Fsp3) is 0.273. The van der Waals surface area contributed by atoms with Crippen LogP contribution in [0.3, 0.4) is 0 Å². The summed E-state index contributed by atoms with van der Waals surface area (Å²) < 4.78 is 18.1. The van der Waals surface area contributed by atoms with Gasteiger partial charge in [0, 0.05) is 11.1 Å². The van der Waals surface area contributed by atoms with Crippen LogP contribution in [0.25, 0.3) is 0 Å². The molecule has 5 heteroatoms. The minimum absolute atomic E-state index is 0.0618. The Kier molecular flexibility index (Phi) is 4.43. The summed E-state index contributed by atoms with van der Waals surface area (Å²) in [7, 11) is 0. The third-order valence-corrected chi connectivity index (χ3v) is 2.26. The van der Waals surface area contributed by atoms with E-state index in [1.54, 1.807) is 6.92 Å². The first kappa shape index (κ1) is 12.6. The molecule has 0 atom stereocenters. The highest BCUT2D eigenvalue weighted by atomic mass is 35.5. The van der Waals surface area contributed by atoms with Gasteiger partial charge in [0.25, 0.3) is 0 Å². The molecule has 0 spiro atoms. The zero-order valence-corrected chi connectivity index (χ0v) is 9.38. The topological polar surface area (TPSA) is 43.4 Å². The van der Waals surface area contributed by atoms with Crippen LogP contribution in [0.4, 0.5) is 4.39 Å². The van der Waals surface area contributed by atoms with Gasteiger partial charge in [-0.1, -0.05) is 11.6 Å². The lowest BCUT2D eigenvalue weighted by molar-refractivity contribution is -0.142. The molecule has 86 valence electrons. The molecular weight excluding hydrogens is 235 g/mol. The van der Waals surface area contributed by atoms with Crippen LogP contribution in [0.15, 0.2) is 12.1 Å². The molecule has 0 aliphatic rings. The summed E-state index contributed by atoms with van der Waals surface area (Å²) in [5, 5.41) is 0.121. The van der Waals surface area contributed by atoms with Gasteiger partial charge in [0.05, 0.1) is 18.1 Å². The van der Waals surface area contributed by atoms with E-state index in [2.05, 4.69) is 4.74 Å². The van der Waals surface area contributed by atoms with Crippen LogP contribution in [0.1, 0.15) is 22.8 Å². The van der Waals surface area contributed by atoms with Crippen molar-refractivity contribution in [1.29, 1.82) is 0 Å². The average Bonchev–Trinajstić information content (AvgIpc) is 2.23. The van der Waals surface area contributed by atoms with Gasteiger partial charge in [-0.05, 0) is 19.1 Å². The maximum Gasteiger partial charge on any atom is 0.310 e. The smallest absolute Gasteiger partial charge is 0.310 e. The quantitative estimate of drug-likeness (QED) is 0.603. The van der Waals surface area contributed by atoms with Gasteiger partial charge in [0.2, 0.25) is 0 Å². The Labute approximate surface area is 97.2 Å². The minimum Gasteiger partial charge on any atom is -0.466 e. The molecule has 0 fully saturated rings. The summed E-state index contributed by atoms with van der Waals surface area (Å²) in [6.45, 7) is 1.90. The highest BCUT2D eigenvalue weighted by Gasteiger charge is 2.12. The van der Waals surface area contributed by atoms with Crippen molar-refractivity contribution < 1.29 is 18.7 Å². The molecule has 16 heavy (non-hydrogen) atoms. The molecule has 0 amide bonds. The van der Waals surface area contributed by atoms with Crippen LogP contribution in [-0.2, 0) is 16.0 Å². The number of ether oxygens (including phenoxy) is 1. The zero-order chi connectivity index (χ0) is 12.1. The lowest BCUT2D eigenvalue weighted by Gasteiger charge is -2.05. The van der Waals surface area contributed by atoms with Crippen molar-refractivity contribution in [3.05, 3.63) is 34.1 Å². The summed E-state index contributed by atoms with van der Waals surface area (Å²) in [6, 6.07) is 2.27. The Balaban J connectivity index is 2.93. The number of carbonyl (C=O) groups excluding carboxylic acids is 2. The van der Waals surface area contributed by atoms with Gasteiger partial charge < -0.3 is 4.74 Å². The van der Waals surface area contributed by atoms with Crippen molar-refractivity contribution in [2.75, 3.05) is 6.61 Å². The number of carbonyl (C=O) groups is 2. The molecule has 0 N–H and O–H groups in total. The first-order chi connectivity index (χ1) is 7.58. The third-order valence-electron chi connectivity index (χ3n) is 1.93. The summed E-state index contributed by atoms with van der Waals surface area (Å²) in [6.07, 6.45) is 0.262. The first-order valence-electron chi connectivity index (χ1n) is 4.67. The molecule has 1 aromatic carbocycles. The average molecular weight is 245 g/mol. The lowest BCUT2D eigenvalue weighted by atomic mass is 10.1. The van der Waals surface area contributed by atoms with E-state index in [1.165, 1.54) is 6.07 Å². The normalized spacial score (nSPS) is 9.94. The third kappa shape index (κ3) is 3.03. The Bertz CT molecular complexity index is 418. The van der Waals surface area contributed by atoms with Gasteiger partial charge >= 0.3 is 5.97 Å². The Morgan fingerprint density at radius 1 is 1.56 bits per heavy atom. The number of esters is 1. The summed E-state index contributed by atoms with van der Waals surface area (Å²) >= 11 is 5.71. The molecule has 3 nitrogen and oxygen atoms in total. The summed E-state index contributed by atoms with van der Waals surface area (Å²) in [5.74, 6) is -1.17. The highest BCUT2D eigenvalue weighted by Crippen LogP contribution is 2.20. The monoisotopic (exact) mass is 244 g/mol. The number of rotatable bonds is 4. The maximum absolute atomic E-state index is 13.4. The van der Waals surface area contributed by atoms with Crippen molar-refractivity contribution in [3.63, 3.8) is 0 Å². The molecule has 0 aliphatic carbocycles. The second kappa shape index (κ2) is 5.61. The molecule has 0 saturated heterocycles. The van der Waals surface area contributed by atoms with Gasteiger partial charge in [0.15, 0.2) is 6.29 Å². The Morgan fingerprint density at radius 3 is 2.81 bits per heavy atom. The molecule has 0 saturated carbocycles. The largest absolute Gasteiger partial charge is 0.466 e. The van der Waals surface area contributed by atoms with E-state index in [9.17, 15) is 14.0 Å². The Hall–Kier alpha value is -1.42. The number of halogens is 2. The molecule has 1 rings (SSSR count). The van der Waals surface area contributed by atoms with Crippen LogP contribution in [0, 0.1) is 5.82 Å². The van der Waals surface area contributed by atoms with E-state index in [4.69, 9.17) is 11.6 Å². The maximum atomic E-state index is 13.4. The molecule has 1 aromatic rings. The second-order valence-electron chi connectivity index (χ2n) is 3.06. The number of hydrogen-bond donors (Lipinski definition) is 0. The molecule has 0 aliphatic heterocycles. The fourth-order valence-electron chi connectivity index (χ4n) is 1.20. The zero-order valence-electron chi connectivity index (χ0n) is 8.63. The van der Waals surface area contributed by atoms with Gasteiger partial charge in [-0.15, -0.1) is 0 Å². The molecule has 0 bridgehead atoms. The Morgan fingerprint density at radius 2 is 2.25 bits per heavy atom.